The number of furan rings is 1. The lowest BCUT2D eigenvalue weighted by Gasteiger charge is -2.30. The Hall–Kier alpha value is -3.55. The Morgan fingerprint density at radius 2 is 1.62 bits per heavy atom. The molecule has 1 aliphatic rings. The van der Waals surface area contributed by atoms with E-state index in [-0.39, 0.29) is 18.0 Å². The van der Waals surface area contributed by atoms with Gasteiger partial charge in [0.15, 0.2) is 0 Å². The van der Waals surface area contributed by atoms with E-state index in [1.165, 1.54) is 0 Å². The maximum Gasteiger partial charge on any atom is 0.433 e. The Labute approximate surface area is 194 Å². The summed E-state index contributed by atoms with van der Waals surface area (Å²) in [6, 6.07) is 15.4. The first-order valence-corrected chi connectivity index (χ1v) is 11.3. The van der Waals surface area contributed by atoms with Crippen molar-refractivity contribution in [1.29, 1.82) is 0 Å². The minimum absolute atomic E-state index is 0.00136. The van der Waals surface area contributed by atoms with Gasteiger partial charge in [-0.1, -0.05) is 36.4 Å². The first kappa shape index (κ1) is 22.3. The van der Waals surface area contributed by atoms with Crippen LogP contribution in [0.3, 0.4) is 0 Å². The number of anilines is 1. The number of rotatable bonds is 4. The van der Waals surface area contributed by atoms with Crippen molar-refractivity contribution in [3.63, 3.8) is 0 Å². The number of nitrogens with zero attached hydrogens (tertiary/aromatic N) is 1. The van der Waals surface area contributed by atoms with Gasteiger partial charge < -0.3 is 15.1 Å². The number of hydrogen-bond acceptors (Lipinski definition) is 4. The van der Waals surface area contributed by atoms with E-state index < -0.39 is 11.9 Å². The summed E-state index contributed by atoms with van der Waals surface area (Å²) in [4.78, 5) is 16.7. The fourth-order valence-electron chi connectivity index (χ4n) is 4.75. The highest BCUT2D eigenvalue weighted by molar-refractivity contribution is 6.07. The molecule has 5 nitrogen and oxygen atoms in total. The largest absolute Gasteiger partial charge is 0.461 e. The second-order valence-corrected chi connectivity index (χ2v) is 8.77. The van der Waals surface area contributed by atoms with Crippen LogP contribution in [0.2, 0.25) is 0 Å². The van der Waals surface area contributed by atoms with Crippen LogP contribution < -0.4 is 10.6 Å². The number of carbonyl (C=O) groups is 1. The average molecular weight is 467 g/mol. The van der Waals surface area contributed by atoms with Gasteiger partial charge in [-0.3, -0.25) is 4.79 Å². The third kappa shape index (κ3) is 4.32. The lowest BCUT2D eigenvalue weighted by molar-refractivity contribution is -0.140. The molecule has 176 valence electrons. The third-order valence-corrected chi connectivity index (χ3v) is 6.43. The summed E-state index contributed by atoms with van der Waals surface area (Å²) >= 11 is 0. The second-order valence-electron chi connectivity index (χ2n) is 8.77. The molecule has 1 fully saturated rings. The number of aromatic nitrogens is 1. The topological polar surface area (TPSA) is 67.2 Å². The van der Waals surface area contributed by atoms with Crippen LogP contribution in [0.15, 0.2) is 59.0 Å². The summed E-state index contributed by atoms with van der Waals surface area (Å²) < 4.78 is 45.8. The molecule has 2 heterocycles. The number of carbonyl (C=O) groups excluding carboxylic acids is 1. The molecule has 4 aromatic rings. The maximum atomic E-state index is 13.4. The standard InChI is InChI=1S/C26H24F3N3O2/c1-15-24(19-7-3-5-9-22(19)34-15)25(33)31-17-12-10-16(11-13-17)30-21-14-23(26(27,28)29)32-20-8-4-2-6-18(20)21/h2-9,14,16-17H,10-13H2,1H3,(H,30,32)(H,31,33)/t16-,17+. The highest BCUT2D eigenvalue weighted by atomic mass is 19.4. The van der Waals surface area contributed by atoms with E-state index in [1.807, 2.05) is 24.3 Å². The Morgan fingerprint density at radius 1 is 0.971 bits per heavy atom. The molecule has 8 heteroatoms. The zero-order valence-corrected chi connectivity index (χ0v) is 18.6. The van der Waals surface area contributed by atoms with Gasteiger partial charge in [0.1, 0.15) is 17.0 Å². The first-order valence-electron chi connectivity index (χ1n) is 11.3. The fourth-order valence-corrected chi connectivity index (χ4v) is 4.75. The molecule has 0 bridgehead atoms. The summed E-state index contributed by atoms with van der Waals surface area (Å²) in [5.41, 5.74) is 1.08. The summed E-state index contributed by atoms with van der Waals surface area (Å²) in [7, 11) is 0. The molecule has 34 heavy (non-hydrogen) atoms. The number of aryl methyl sites for hydroxylation is 1. The predicted molar refractivity (Wildman–Crippen MR) is 125 cm³/mol. The molecule has 1 saturated carbocycles. The monoisotopic (exact) mass is 467 g/mol. The number of amides is 1. The van der Waals surface area contributed by atoms with E-state index in [9.17, 15) is 18.0 Å². The zero-order valence-electron chi connectivity index (χ0n) is 18.6. The van der Waals surface area contributed by atoms with Crippen molar-refractivity contribution in [1.82, 2.24) is 10.3 Å². The lowest BCUT2D eigenvalue weighted by atomic mass is 9.90. The van der Waals surface area contributed by atoms with Gasteiger partial charge in [0, 0.05) is 28.5 Å². The van der Waals surface area contributed by atoms with Crippen molar-refractivity contribution < 1.29 is 22.4 Å². The highest BCUT2D eigenvalue weighted by Gasteiger charge is 2.34. The van der Waals surface area contributed by atoms with Gasteiger partial charge in [-0.15, -0.1) is 0 Å². The van der Waals surface area contributed by atoms with Crippen molar-refractivity contribution in [2.75, 3.05) is 5.32 Å². The summed E-state index contributed by atoms with van der Waals surface area (Å²) in [6.45, 7) is 1.78. The number of halogens is 3. The molecule has 1 amide bonds. The molecule has 0 atom stereocenters. The molecule has 0 unspecified atom stereocenters. The van der Waals surface area contributed by atoms with E-state index in [0.29, 0.717) is 33.5 Å². The Kier molecular flexibility index (Phi) is 5.67. The Morgan fingerprint density at radius 3 is 2.35 bits per heavy atom. The van der Waals surface area contributed by atoms with Gasteiger partial charge in [-0.05, 0) is 50.8 Å². The molecular formula is C26H24F3N3O2. The maximum absolute atomic E-state index is 13.4. The molecular weight excluding hydrogens is 443 g/mol. The molecule has 0 spiro atoms. The van der Waals surface area contributed by atoms with Crippen LogP contribution in [0.1, 0.15) is 47.5 Å². The normalized spacial score (nSPS) is 18.8. The van der Waals surface area contributed by atoms with Crippen molar-refractivity contribution in [2.24, 2.45) is 0 Å². The van der Waals surface area contributed by atoms with Crippen LogP contribution in [-0.4, -0.2) is 23.0 Å². The predicted octanol–water partition coefficient (Wildman–Crippen LogP) is 6.46. The number of benzene rings is 2. The van der Waals surface area contributed by atoms with Crippen LogP contribution in [0.4, 0.5) is 18.9 Å². The Balaban J connectivity index is 1.27. The van der Waals surface area contributed by atoms with E-state index in [1.54, 1.807) is 31.2 Å². The highest BCUT2D eigenvalue weighted by Crippen LogP contribution is 2.34. The molecule has 0 radical (unpaired) electrons. The van der Waals surface area contributed by atoms with Crippen LogP contribution in [0.5, 0.6) is 0 Å². The molecule has 2 aromatic heterocycles. The number of para-hydroxylation sites is 2. The number of pyridine rings is 1. The number of nitrogens with one attached hydrogen (secondary N) is 2. The van der Waals surface area contributed by atoms with Gasteiger partial charge in [0.05, 0.1) is 11.1 Å². The van der Waals surface area contributed by atoms with E-state index in [4.69, 9.17) is 4.42 Å². The molecule has 5 rings (SSSR count). The molecule has 1 aliphatic carbocycles. The van der Waals surface area contributed by atoms with Gasteiger partial charge in [-0.2, -0.15) is 13.2 Å². The number of fused-ring (bicyclic) bond motifs is 2. The van der Waals surface area contributed by atoms with Gasteiger partial charge >= 0.3 is 6.18 Å². The van der Waals surface area contributed by atoms with E-state index in [0.717, 1.165) is 37.1 Å². The molecule has 0 saturated heterocycles. The minimum Gasteiger partial charge on any atom is -0.461 e. The summed E-state index contributed by atoms with van der Waals surface area (Å²) in [6.07, 6.45) is -1.60. The Bertz CT molecular complexity index is 1350. The molecule has 2 aromatic carbocycles. The molecule has 0 aliphatic heterocycles. The van der Waals surface area contributed by atoms with Gasteiger partial charge in [0.2, 0.25) is 0 Å². The van der Waals surface area contributed by atoms with Crippen LogP contribution in [0.25, 0.3) is 21.9 Å². The lowest BCUT2D eigenvalue weighted by Crippen LogP contribution is -2.40. The van der Waals surface area contributed by atoms with Gasteiger partial charge in [-0.25, -0.2) is 4.98 Å². The quantitative estimate of drug-likeness (QED) is 0.361. The first-order chi connectivity index (χ1) is 16.3. The van der Waals surface area contributed by atoms with Crippen molar-refractivity contribution in [3.8, 4) is 0 Å². The minimum atomic E-state index is -4.52. The van der Waals surface area contributed by atoms with E-state index >= 15 is 0 Å². The average Bonchev–Trinajstić information content (AvgIpc) is 3.15. The van der Waals surface area contributed by atoms with Crippen molar-refractivity contribution in [2.45, 2.75) is 50.9 Å². The van der Waals surface area contributed by atoms with Crippen molar-refractivity contribution in [3.05, 3.63) is 71.6 Å². The molecule has 2 N–H and O–H groups in total. The smallest absolute Gasteiger partial charge is 0.433 e. The summed E-state index contributed by atoms with van der Waals surface area (Å²) in [5.74, 6) is 0.424. The fraction of sp³-hybridized carbons (Fsp3) is 0.308. The number of alkyl halides is 3. The van der Waals surface area contributed by atoms with Crippen LogP contribution >= 0.6 is 0 Å². The van der Waals surface area contributed by atoms with Crippen molar-refractivity contribution >= 4 is 33.5 Å². The van der Waals surface area contributed by atoms with Gasteiger partial charge in [0.25, 0.3) is 5.91 Å². The van der Waals surface area contributed by atoms with E-state index in [2.05, 4.69) is 15.6 Å². The second kappa shape index (κ2) is 8.66. The third-order valence-electron chi connectivity index (χ3n) is 6.43. The van der Waals surface area contributed by atoms with Crippen LogP contribution in [0, 0.1) is 6.92 Å². The number of hydrogen-bond donors (Lipinski definition) is 2. The SMILES string of the molecule is Cc1oc2ccccc2c1C(=O)N[C@H]1CC[C@@H](Nc2cc(C(F)(F)F)nc3ccccc23)CC1. The summed E-state index contributed by atoms with van der Waals surface area (Å²) in [5, 5.41) is 7.87. The zero-order chi connectivity index (χ0) is 23.9. The van der Waals surface area contributed by atoms with Crippen LogP contribution in [-0.2, 0) is 6.18 Å².